The van der Waals surface area contributed by atoms with Crippen molar-refractivity contribution >= 4 is 22.6 Å². The Bertz CT molecular complexity index is 1170. The number of amides is 1. The van der Waals surface area contributed by atoms with E-state index in [0.29, 0.717) is 23.1 Å². The number of aryl methyl sites for hydroxylation is 1. The second-order valence-corrected chi connectivity index (χ2v) is 7.69. The molecule has 0 radical (unpaired) electrons. The van der Waals surface area contributed by atoms with E-state index in [2.05, 4.69) is 17.3 Å². The molecule has 1 amide bonds. The van der Waals surface area contributed by atoms with E-state index in [1.54, 1.807) is 31.4 Å². The molecule has 1 aromatic heterocycles. The van der Waals surface area contributed by atoms with E-state index >= 15 is 0 Å². The van der Waals surface area contributed by atoms with Crippen LogP contribution in [0.1, 0.15) is 48.7 Å². The fraction of sp³-hybridized carbons (Fsp3) is 0.360. The van der Waals surface area contributed by atoms with Crippen molar-refractivity contribution in [1.82, 2.24) is 15.1 Å². The van der Waals surface area contributed by atoms with E-state index in [1.165, 1.54) is 4.68 Å². The first-order valence-electron chi connectivity index (χ1n) is 11.1. The number of esters is 1. The lowest BCUT2D eigenvalue weighted by atomic mass is 10.1. The maximum Gasteiger partial charge on any atom is 0.359 e. The molecule has 0 unspecified atom stereocenters. The van der Waals surface area contributed by atoms with E-state index < -0.39 is 18.5 Å². The summed E-state index contributed by atoms with van der Waals surface area (Å²) >= 11 is 0. The van der Waals surface area contributed by atoms with Crippen LogP contribution in [0.4, 0.5) is 0 Å². The normalized spacial score (nSPS) is 10.7. The SMILES string of the molecule is CCCCCCn1nc(C(=O)OCC(=O)NCc2cccc(OC)c2)c2ccccc2c1=O. The third-order valence-corrected chi connectivity index (χ3v) is 5.24. The second-order valence-electron chi connectivity index (χ2n) is 7.69. The van der Waals surface area contributed by atoms with Gasteiger partial charge in [0.05, 0.1) is 12.5 Å². The van der Waals surface area contributed by atoms with Gasteiger partial charge in [-0.3, -0.25) is 9.59 Å². The Morgan fingerprint density at radius 3 is 2.58 bits per heavy atom. The van der Waals surface area contributed by atoms with Gasteiger partial charge in [-0.25, -0.2) is 9.48 Å². The number of benzene rings is 2. The molecule has 8 heteroatoms. The van der Waals surface area contributed by atoms with Crippen LogP contribution < -0.4 is 15.6 Å². The molecule has 0 aliphatic heterocycles. The summed E-state index contributed by atoms with van der Waals surface area (Å²) in [7, 11) is 1.57. The number of hydrogen-bond acceptors (Lipinski definition) is 6. The topological polar surface area (TPSA) is 99.5 Å². The van der Waals surface area contributed by atoms with Crippen LogP contribution in [0.15, 0.2) is 53.3 Å². The molecule has 3 aromatic rings. The number of hydrogen-bond donors (Lipinski definition) is 1. The van der Waals surface area contributed by atoms with Crippen molar-refractivity contribution in [3.8, 4) is 5.75 Å². The highest BCUT2D eigenvalue weighted by atomic mass is 16.5. The Morgan fingerprint density at radius 1 is 1.03 bits per heavy atom. The predicted molar refractivity (Wildman–Crippen MR) is 125 cm³/mol. The Balaban J connectivity index is 1.67. The maximum atomic E-state index is 12.8. The molecule has 33 heavy (non-hydrogen) atoms. The molecule has 2 aromatic carbocycles. The minimum absolute atomic E-state index is 0.0290. The van der Waals surface area contributed by atoms with Crippen LogP contribution in [0.25, 0.3) is 10.8 Å². The van der Waals surface area contributed by atoms with Gasteiger partial charge in [0.15, 0.2) is 12.3 Å². The van der Waals surface area contributed by atoms with Gasteiger partial charge in [0.25, 0.3) is 11.5 Å². The number of aromatic nitrogens is 2. The van der Waals surface area contributed by atoms with Crippen molar-refractivity contribution in [3.05, 3.63) is 70.1 Å². The standard InChI is InChI=1S/C25H29N3O5/c1-3-4-5-8-14-28-24(30)21-13-7-6-12-20(21)23(27-28)25(31)33-17-22(29)26-16-18-10-9-11-19(15-18)32-2/h6-7,9-13,15H,3-5,8,14,16-17H2,1-2H3,(H,26,29). The van der Waals surface area contributed by atoms with E-state index in [9.17, 15) is 14.4 Å². The van der Waals surface area contributed by atoms with Gasteiger partial charge in [0, 0.05) is 18.5 Å². The third kappa shape index (κ3) is 6.41. The lowest BCUT2D eigenvalue weighted by molar-refractivity contribution is -0.124. The summed E-state index contributed by atoms with van der Waals surface area (Å²) in [5.41, 5.74) is 0.646. The highest BCUT2D eigenvalue weighted by molar-refractivity contribution is 6.02. The Hall–Kier alpha value is -3.68. The summed E-state index contributed by atoms with van der Waals surface area (Å²) in [6.07, 6.45) is 3.92. The number of rotatable bonds is 11. The Labute approximate surface area is 192 Å². The molecule has 174 valence electrons. The fourth-order valence-electron chi connectivity index (χ4n) is 3.46. The van der Waals surface area contributed by atoms with E-state index in [4.69, 9.17) is 9.47 Å². The van der Waals surface area contributed by atoms with Gasteiger partial charge in [0.2, 0.25) is 0 Å². The van der Waals surface area contributed by atoms with Crippen molar-refractivity contribution in [1.29, 1.82) is 0 Å². The van der Waals surface area contributed by atoms with Crippen molar-refractivity contribution in [2.24, 2.45) is 0 Å². The number of nitrogens with one attached hydrogen (secondary N) is 1. The number of carbonyl (C=O) groups excluding carboxylic acids is 2. The van der Waals surface area contributed by atoms with E-state index in [0.717, 1.165) is 31.2 Å². The second kappa shape index (κ2) is 11.8. The van der Waals surface area contributed by atoms with Crippen molar-refractivity contribution in [2.45, 2.75) is 45.7 Å². The van der Waals surface area contributed by atoms with Crippen LogP contribution in [0.3, 0.4) is 0 Å². The molecule has 1 heterocycles. The van der Waals surface area contributed by atoms with Gasteiger partial charge in [-0.1, -0.05) is 56.5 Å². The molecule has 0 aliphatic rings. The first-order valence-corrected chi connectivity index (χ1v) is 11.1. The van der Waals surface area contributed by atoms with Gasteiger partial charge in [-0.2, -0.15) is 5.10 Å². The highest BCUT2D eigenvalue weighted by Crippen LogP contribution is 2.15. The van der Waals surface area contributed by atoms with Gasteiger partial charge in [-0.15, -0.1) is 0 Å². The van der Waals surface area contributed by atoms with E-state index in [1.807, 2.05) is 24.3 Å². The molecular formula is C25H29N3O5. The van der Waals surface area contributed by atoms with Crippen LogP contribution in [-0.4, -0.2) is 35.4 Å². The summed E-state index contributed by atoms with van der Waals surface area (Å²) in [4.78, 5) is 37.7. The lowest BCUT2D eigenvalue weighted by Gasteiger charge is -2.11. The third-order valence-electron chi connectivity index (χ3n) is 5.24. The fourth-order valence-corrected chi connectivity index (χ4v) is 3.46. The number of methoxy groups -OCH3 is 1. The van der Waals surface area contributed by atoms with Crippen molar-refractivity contribution in [2.75, 3.05) is 13.7 Å². The first kappa shape index (κ1) is 24.0. The zero-order valence-corrected chi connectivity index (χ0v) is 19.0. The number of fused-ring (bicyclic) bond motifs is 1. The molecule has 0 bridgehead atoms. The molecule has 0 saturated heterocycles. The number of ether oxygens (including phenoxy) is 2. The van der Waals surface area contributed by atoms with Crippen LogP contribution in [-0.2, 0) is 22.6 Å². The van der Waals surface area contributed by atoms with E-state index in [-0.39, 0.29) is 17.8 Å². The van der Waals surface area contributed by atoms with Gasteiger partial charge < -0.3 is 14.8 Å². The summed E-state index contributed by atoms with van der Waals surface area (Å²) in [6, 6.07) is 14.1. The number of carbonyl (C=O) groups is 2. The molecule has 0 spiro atoms. The van der Waals surface area contributed by atoms with Crippen molar-refractivity contribution in [3.63, 3.8) is 0 Å². The highest BCUT2D eigenvalue weighted by Gasteiger charge is 2.19. The van der Waals surface area contributed by atoms with Crippen LogP contribution in [0.5, 0.6) is 5.75 Å². The molecule has 0 atom stereocenters. The zero-order valence-electron chi connectivity index (χ0n) is 19.0. The molecule has 0 saturated carbocycles. The predicted octanol–water partition coefficient (Wildman–Crippen LogP) is 3.46. The first-order chi connectivity index (χ1) is 16.0. The molecule has 3 rings (SSSR count). The molecule has 8 nitrogen and oxygen atoms in total. The monoisotopic (exact) mass is 451 g/mol. The van der Waals surface area contributed by atoms with Gasteiger partial charge in [-0.05, 0) is 30.2 Å². The van der Waals surface area contributed by atoms with Crippen LogP contribution in [0, 0.1) is 0 Å². The molecule has 0 fully saturated rings. The minimum atomic E-state index is -0.745. The summed E-state index contributed by atoms with van der Waals surface area (Å²) in [5, 5.41) is 7.79. The van der Waals surface area contributed by atoms with Crippen LogP contribution >= 0.6 is 0 Å². The Kier molecular flexibility index (Phi) is 8.57. The van der Waals surface area contributed by atoms with Gasteiger partial charge >= 0.3 is 5.97 Å². The molecule has 0 aliphatic carbocycles. The van der Waals surface area contributed by atoms with Gasteiger partial charge in [0.1, 0.15) is 5.75 Å². The zero-order chi connectivity index (χ0) is 23.6. The molecule has 1 N–H and O–H groups in total. The average molecular weight is 452 g/mol. The minimum Gasteiger partial charge on any atom is -0.497 e. The summed E-state index contributed by atoms with van der Waals surface area (Å²) in [6.45, 7) is 2.36. The molecular weight excluding hydrogens is 422 g/mol. The quantitative estimate of drug-likeness (QED) is 0.354. The maximum absolute atomic E-state index is 12.8. The van der Waals surface area contributed by atoms with Crippen molar-refractivity contribution < 1.29 is 19.1 Å². The number of nitrogens with zero attached hydrogens (tertiary/aromatic N) is 2. The average Bonchev–Trinajstić information content (AvgIpc) is 2.85. The summed E-state index contributed by atoms with van der Waals surface area (Å²) < 4.78 is 11.7. The summed E-state index contributed by atoms with van der Waals surface area (Å²) in [5.74, 6) is -0.496. The number of unbranched alkanes of at least 4 members (excludes halogenated alkanes) is 3. The Morgan fingerprint density at radius 2 is 1.82 bits per heavy atom. The lowest BCUT2D eigenvalue weighted by Crippen LogP contribution is -2.30. The smallest absolute Gasteiger partial charge is 0.359 e. The van der Waals surface area contributed by atoms with Crippen LogP contribution in [0.2, 0.25) is 0 Å². The largest absolute Gasteiger partial charge is 0.497 e.